The fourth-order valence-corrected chi connectivity index (χ4v) is 3.59. The summed E-state index contributed by atoms with van der Waals surface area (Å²) in [6.45, 7) is 6.42. The minimum absolute atomic E-state index is 0.327. The van der Waals surface area contributed by atoms with Gasteiger partial charge in [0.2, 0.25) is 0 Å². The van der Waals surface area contributed by atoms with Crippen LogP contribution in [0.5, 0.6) is 0 Å². The van der Waals surface area contributed by atoms with Crippen molar-refractivity contribution in [2.45, 2.75) is 65.7 Å². The molecule has 1 aromatic rings. The highest BCUT2D eigenvalue weighted by Crippen LogP contribution is 2.31. The summed E-state index contributed by atoms with van der Waals surface area (Å²) in [5.74, 6) is 0.622. The fourth-order valence-electron chi connectivity index (χ4n) is 3.59. The first-order chi connectivity index (χ1) is 11.0. The Kier molecular flexibility index (Phi) is 6.37. The molecule has 1 N–H and O–H groups in total. The Balaban J connectivity index is 2.08. The summed E-state index contributed by atoms with van der Waals surface area (Å²) in [5, 5.41) is 9.04. The number of carbonyl (C=O) groups is 1. The molecule has 0 heterocycles. The molecule has 3 heteroatoms. The summed E-state index contributed by atoms with van der Waals surface area (Å²) < 4.78 is 0. The standard InChI is InChI=1S/C20H29NO2/c1-14-8-6-4-5-7-9-17(14)13-16(3)21-19-11-10-18(20(22)23)12-15(19)2/h10-12,14,17H,4-9,13H2,1-3H3,(H,22,23). The molecular weight excluding hydrogens is 286 g/mol. The predicted octanol–water partition coefficient (Wildman–Crippen LogP) is 5.78. The number of nitrogens with zero attached hydrogens (tertiary/aromatic N) is 1. The summed E-state index contributed by atoms with van der Waals surface area (Å²) in [7, 11) is 0. The first-order valence-electron chi connectivity index (χ1n) is 8.85. The van der Waals surface area contributed by atoms with Crippen molar-refractivity contribution in [3.8, 4) is 0 Å². The minimum Gasteiger partial charge on any atom is -0.478 e. The third-order valence-electron chi connectivity index (χ3n) is 5.10. The number of carboxylic acids is 1. The zero-order valence-corrected chi connectivity index (χ0v) is 14.6. The van der Waals surface area contributed by atoms with Crippen LogP contribution in [0.4, 0.5) is 5.69 Å². The number of hydrogen-bond donors (Lipinski definition) is 1. The van der Waals surface area contributed by atoms with Crippen LogP contribution in [0.2, 0.25) is 0 Å². The Morgan fingerprint density at radius 3 is 2.57 bits per heavy atom. The van der Waals surface area contributed by atoms with Crippen molar-refractivity contribution in [1.82, 2.24) is 0 Å². The summed E-state index contributed by atoms with van der Waals surface area (Å²) in [6.07, 6.45) is 9.17. The molecule has 126 valence electrons. The monoisotopic (exact) mass is 315 g/mol. The van der Waals surface area contributed by atoms with E-state index in [-0.39, 0.29) is 0 Å². The highest BCUT2D eigenvalue weighted by Gasteiger charge is 2.19. The average molecular weight is 315 g/mol. The van der Waals surface area contributed by atoms with Crippen LogP contribution in [0.3, 0.4) is 0 Å². The Morgan fingerprint density at radius 1 is 1.22 bits per heavy atom. The van der Waals surface area contributed by atoms with Gasteiger partial charge in [-0.2, -0.15) is 0 Å². The van der Waals surface area contributed by atoms with E-state index in [4.69, 9.17) is 10.1 Å². The number of hydrogen-bond acceptors (Lipinski definition) is 2. The molecular formula is C20H29NO2. The van der Waals surface area contributed by atoms with Crippen molar-refractivity contribution >= 4 is 17.4 Å². The summed E-state index contributed by atoms with van der Waals surface area (Å²) in [6, 6.07) is 5.16. The normalized spacial score (nSPS) is 23.2. The molecule has 1 aliphatic rings. The van der Waals surface area contributed by atoms with E-state index in [1.807, 2.05) is 13.0 Å². The van der Waals surface area contributed by atoms with Gasteiger partial charge in [0.15, 0.2) is 0 Å². The van der Waals surface area contributed by atoms with Crippen molar-refractivity contribution in [3.63, 3.8) is 0 Å². The van der Waals surface area contributed by atoms with Gasteiger partial charge >= 0.3 is 5.97 Å². The number of carboxylic acid groups (broad SMARTS) is 1. The number of aryl methyl sites for hydroxylation is 1. The molecule has 2 rings (SSSR count). The van der Waals surface area contributed by atoms with E-state index in [2.05, 4.69) is 13.8 Å². The van der Waals surface area contributed by atoms with Crippen LogP contribution in [0.25, 0.3) is 0 Å². The summed E-state index contributed by atoms with van der Waals surface area (Å²) in [5.41, 5.74) is 3.31. The molecule has 0 aromatic heterocycles. The molecule has 23 heavy (non-hydrogen) atoms. The number of aromatic carboxylic acids is 1. The lowest BCUT2D eigenvalue weighted by Gasteiger charge is -2.26. The van der Waals surface area contributed by atoms with E-state index in [0.717, 1.165) is 35.2 Å². The summed E-state index contributed by atoms with van der Waals surface area (Å²) in [4.78, 5) is 15.8. The van der Waals surface area contributed by atoms with Crippen LogP contribution < -0.4 is 0 Å². The predicted molar refractivity (Wildman–Crippen MR) is 95.9 cm³/mol. The van der Waals surface area contributed by atoms with Gasteiger partial charge < -0.3 is 5.11 Å². The van der Waals surface area contributed by atoms with Gasteiger partial charge in [-0.25, -0.2) is 4.79 Å². The van der Waals surface area contributed by atoms with E-state index in [9.17, 15) is 4.79 Å². The quantitative estimate of drug-likeness (QED) is 0.716. The van der Waals surface area contributed by atoms with Crippen LogP contribution in [0.15, 0.2) is 23.2 Å². The SMILES string of the molecule is CC(CC1CCCCCCC1C)=Nc1ccc(C(=O)O)cc1C. The highest BCUT2D eigenvalue weighted by molar-refractivity contribution is 5.89. The number of aliphatic imine (C=N–C) groups is 1. The van der Waals surface area contributed by atoms with E-state index in [1.54, 1.807) is 12.1 Å². The molecule has 2 atom stereocenters. The van der Waals surface area contributed by atoms with E-state index >= 15 is 0 Å². The fraction of sp³-hybridized carbons (Fsp3) is 0.600. The van der Waals surface area contributed by atoms with Gasteiger partial charge in [0, 0.05) is 5.71 Å². The highest BCUT2D eigenvalue weighted by atomic mass is 16.4. The number of rotatable bonds is 4. The van der Waals surface area contributed by atoms with Crippen molar-refractivity contribution in [2.24, 2.45) is 16.8 Å². The minimum atomic E-state index is -0.885. The molecule has 0 amide bonds. The molecule has 1 aromatic carbocycles. The largest absolute Gasteiger partial charge is 0.478 e. The molecule has 2 unspecified atom stereocenters. The van der Waals surface area contributed by atoms with Gasteiger partial charge in [-0.15, -0.1) is 0 Å². The maximum absolute atomic E-state index is 11.0. The molecule has 3 nitrogen and oxygen atoms in total. The first kappa shape index (κ1) is 17.7. The van der Waals surface area contributed by atoms with Gasteiger partial charge in [0.25, 0.3) is 0 Å². The third kappa shape index (κ3) is 5.19. The Bertz CT molecular complexity index is 577. The molecule has 1 saturated carbocycles. The van der Waals surface area contributed by atoms with E-state index in [0.29, 0.717) is 5.56 Å². The van der Waals surface area contributed by atoms with Crippen molar-refractivity contribution in [1.29, 1.82) is 0 Å². The van der Waals surface area contributed by atoms with E-state index < -0.39 is 5.97 Å². The maximum atomic E-state index is 11.0. The Labute approximate surface area is 139 Å². The Hall–Kier alpha value is -1.64. The summed E-state index contributed by atoms with van der Waals surface area (Å²) >= 11 is 0. The lowest BCUT2D eigenvalue weighted by Crippen LogP contribution is -2.17. The zero-order valence-electron chi connectivity index (χ0n) is 14.6. The molecule has 0 aliphatic heterocycles. The zero-order chi connectivity index (χ0) is 16.8. The molecule has 1 fully saturated rings. The lowest BCUT2D eigenvalue weighted by atomic mass is 9.80. The second-order valence-corrected chi connectivity index (χ2v) is 7.09. The molecule has 1 aliphatic carbocycles. The van der Waals surface area contributed by atoms with Crippen molar-refractivity contribution < 1.29 is 9.90 Å². The van der Waals surface area contributed by atoms with Crippen molar-refractivity contribution in [3.05, 3.63) is 29.3 Å². The molecule has 0 spiro atoms. The van der Waals surface area contributed by atoms with Gasteiger partial charge in [0.05, 0.1) is 11.3 Å². The second kappa shape index (κ2) is 8.28. The van der Waals surface area contributed by atoms with Crippen LogP contribution in [0, 0.1) is 18.8 Å². The third-order valence-corrected chi connectivity index (χ3v) is 5.10. The molecule has 0 saturated heterocycles. The smallest absolute Gasteiger partial charge is 0.335 e. The maximum Gasteiger partial charge on any atom is 0.335 e. The van der Waals surface area contributed by atoms with Crippen LogP contribution in [-0.4, -0.2) is 16.8 Å². The van der Waals surface area contributed by atoms with Gasteiger partial charge in [-0.3, -0.25) is 4.99 Å². The van der Waals surface area contributed by atoms with E-state index in [1.165, 1.54) is 38.5 Å². The van der Waals surface area contributed by atoms with Gasteiger partial charge in [-0.1, -0.05) is 39.0 Å². The number of benzene rings is 1. The van der Waals surface area contributed by atoms with Crippen LogP contribution in [-0.2, 0) is 0 Å². The topological polar surface area (TPSA) is 49.7 Å². The Morgan fingerprint density at radius 2 is 1.91 bits per heavy atom. The van der Waals surface area contributed by atoms with Crippen LogP contribution in [0.1, 0.15) is 74.7 Å². The lowest BCUT2D eigenvalue weighted by molar-refractivity contribution is 0.0697. The van der Waals surface area contributed by atoms with Gasteiger partial charge in [-0.05, 0) is 62.3 Å². The molecule has 0 radical (unpaired) electrons. The molecule has 0 bridgehead atoms. The first-order valence-corrected chi connectivity index (χ1v) is 8.85. The van der Waals surface area contributed by atoms with Crippen LogP contribution >= 0.6 is 0 Å². The van der Waals surface area contributed by atoms with Gasteiger partial charge in [0.1, 0.15) is 0 Å². The average Bonchev–Trinajstić information content (AvgIpc) is 2.49. The van der Waals surface area contributed by atoms with Crippen molar-refractivity contribution in [2.75, 3.05) is 0 Å². The second-order valence-electron chi connectivity index (χ2n) is 7.09.